The minimum absolute atomic E-state index is 0.0102. The van der Waals surface area contributed by atoms with Crippen molar-refractivity contribution in [2.75, 3.05) is 0 Å². The molecule has 0 N–H and O–H groups in total. The number of halogens is 6. The lowest BCUT2D eigenvalue weighted by Gasteiger charge is -2.10. The van der Waals surface area contributed by atoms with E-state index in [4.69, 9.17) is 20.0 Å². The normalized spacial score (nSPS) is 10.6. The molecule has 0 bridgehead atoms. The Kier molecular flexibility index (Phi) is 10.1. The Morgan fingerprint density at radius 1 is 0.472 bits per heavy atom. The molecule has 260 valence electrons. The summed E-state index contributed by atoms with van der Waals surface area (Å²) in [6.45, 7) is 0. The molecule has 0 aromatic heterocycles. The standard InChI is InChI=1S/C41H20F6N2O4/c42-34-16-24(3-5-26(34)20-48)30-11-7-28(18-38(30)46)52-40(50)32-9-1-22(14-36(32)44)13-23-2-10-33(37(45)15-23)41(51)53-29-8-12-31(39(47)19-29)25-4-6-27(21-49)35(43)17-25/h1-12,14-19H,13H2. The smallest absolute Gasteiger partial charge is 0.346 e. The van der Waals surface area contributed by atoms with E-state index >= 15 is 8.78 Å². The minimum atomic E-state index is -1.13. The van der Waals surface area contributed by atoms with Gasteiger partial charge >= 0.3 is 11.9 Å². The maximum atomic E-state index is 15.0. The van der Waals surface area contributed by atoms with Gasteiger partial charge in [0.25, 0.3) is 0 Å². The zero-order chi connectivity index (χ0) is 37.8. The highest BCUT2D eigenvalue weighted by atomic mass is 19.1. The van der Waals surface area contributed by atoms with Crippen LogP contribution in [0.25, 0.3) is 22.3 Å². The lowest BCUT2D eigenvalue weighted by Crippen LogP contribution is -2.12. The van der Waals surface area contributed by atoms with Crippen molar-refractivity contribution in [2.24, 2.45) is 0 Å². The fraction of sp³-hybridized carbons (Fsp3) is 0.0244. The number of hydrogen-bond acceptors (Lipinski definition) is 6. The number of esters is 2. The Balaban J connectivity index is 1.09. The Labute approximate surface area is 297 Å². The third kappa shape index (κ3) is 7.77. The van der Waals surface area contributed by atoms with Crippen molar-refractivity contribution < 1.29 is 45.4 Å². The number of nitrogens with zero attached hydrogens (tertiary/aromatic N) is 2. The van der Waals surface area contributed by atoms with E-state index in [1.807, 2.05) is 0 Å². The Morgan fingerprint density at radius 2 is 0.887 bits per heavy atom. The first-order valence-electron chi connectivity index (χ1n) is 15.4. The van der Waals surface area contributed by atoms with Crippen LogP contribution in [0, 0.1) is 57.6 Å². The average molecular weight is 719 g/mol. The molecule has 0 spiro atoms. The molecule has 0 saturated carbocycles. The van der Waals surface area contributed by atoms with Crippen LogP contribution in [0.1, 0.15) is 43.0 Å². The van der Waals surface area contributed by atoms with Gasteiger partial charge in [-0.15, -0.1) is 0 Å². The molecule has 0 amide bonds. The number of rotatable bonds is 8. The van der Waals surface area contributed by atoms with Gasteiger partial charge in [-0.1, -0.05) is 24.3 Å². The van der Waals surface area contributed by atoms with Gasteiger partial charge in [0.2, 0.25) is 0 Å². The molecule has 0 aliphatic carbocycles. The SMILES string of the molecule is N#Cc1ccc(-c2ccc(OC(=O)c3ccc(Cc4ccc(C(=O)Oc5ccc(-c6ccc(C#N)c(F)c6)c(F)c5)c(F)c4)cc3F)cc2F)cc1F. The van der Waals surface area contributed by atoms with Crippen LogP contribution in [0.4, 0.5) is 26.3 Å². The molecule has 12 heteroatoms. The quantitative estimate of drug-likeness (QED) is 0.0883. The number of carbonyl (C=O) groups excluding carboxylic acids is 2. The van der Waals surface area contributed by atoms with Gasteiger partial charge < -0.3 is 9.47 Å². The molecule has 6 aromatic carbocycles. The van der Waals surface area contributed by atoms with Gasteiger partial charge in [-0.05, 0) is 101 Å². The summed E-state index contributed by atoms with van der Waals surface area (Å²) in [6, 6.07) is 24.3. The van der Waals surface area contributed by atoms with Crippen LogP contribution in [0.2, 0.25) is 0 Å². The van der Waals surface area contributed by atoms with Crippen LogP contribution >= 0.6 is 0 Å². The van der Waals surface area contributed by atoms with Gasteiger partial charge in [0.1, 0.15) is 58.5 Å². The molecule has 6 aromatic rings. The summed E-state index contributed by atoms with van der Waals surface area (Å²) in [4.78, 5) is 25.4. The summed E-state index contributed by atoms with van der Waals surface area (Å²) in [5.41, 5.74) is -0.443. The first kappa shape index (κ1) is 35.6. The lowest BCUT2D eigenvalue weighted by atomic mass is 10.0. The summed E-state index contributed by atoms with van der Waals surface area (Å²) >= 11 is 0. The van der Waals surface area contributed by atoms with Crippen molar-refractivity contribution >= 4 is 11.9 Å². The van der Waals surface area contributed by atoms with Crippen molar-refractivity contribution in [1.82, 2.24) is 0 Å². The van der Waals surface area contributed by atoms with E-state index < -0.39 is 58.0 Å². The molecular formula is C41H20F6N2O4. The summed E-state index contributed by atoms with van der Waals surface area (Å²) < 4.78 is 97.9. The monoisotopic (exact) mass is 718 g/mol. The third-order valence-electron chi connectivity index (χ3n) is 8.02. The zero-order valence-electron chi connectivity index (χ0n) is 26.9. The van der Waals surface area contributed by atoms with E-state index in [0.717, 1.165) is 48.5 Å². The first-order valence-corrected chi connectivity index (χ1v) is 15.4. The van der Waals surface area contributed by atoms with Crippen molar-refractivity contribution in [3.63, 3.8) is 0 Å². The fourth-order valence-corrected chi connectivity index (χ4v) is 5.36. The second-order valence-electron chi connectivity index (χ2n) is 11.5. The molecule has 6 rings (SSSR count). The summed E-state index contributed by atoms with van der Waals surface area (Å²) in [7, 11) is 0. The van der Waals surface area contributed by atoms with Gasteiger partial charge in [-0.25, -0.2) is 35.9 Å². The van der Waals surface area contributed by atoms with Crippen molar-refractivity contribution in [2.45, 2.75) is 6.42 Å². The highest BCUT2D eigenvalue weighted by Crippen LogP contribution is 2.30. The van der Waals surface area contributed by atoms with Crippen LogP contribution in [-0.2, 0) is 6.42 Å². The number of ether oxygens (including phenoxy) is 2. The third-order valence-corrected chi connectivity index (χ3v) is 8.02. The Hall–Kier alpha value is -7.18. The van der Waals surface area contributed by atoms with E-state index in [-0.39, 0.29) is 51.3 Å². The van der Waals surface area contributed by atoms with Crippen LogP contribution in [0.5, 0.6) is 11.5 Å². The van der Waals surface area contributed by atoms with Crippen LogP contribution in [0.15, 0.2) is 109 Å². The maximum Gasteiger partial charge on any atom is 0.346 e. The van der Waals surface area contributed by atoms with Crippen LogP contribution in [0.3, 0.4) is 0 Å². The van der Waals surface area contributed by atoms with Crippen LogP contribution in [-0.4, -0.2) is 11.9 Å². The average Bonchev–Trinajstić information content (AvgIpc) is 3.11. The maximum absolute atomic E-state index is 15.0. The molecule has 0 aliphatic heterocycles. The second kappa shape index (κ2) is 15.0. The minimum Gasteiger partial charge on any atom is -0.423 e. The molecule has 53 heavy (non-hydrogen) atoms. The number of hydrogen-bond donors (Lipinski definition) is 0. The van der Waals surface area contributed by atoms with Gasteiger partial charge in [0.15, 0.2) is 0 Å². The summed E-state index contributed by atoms with van der Waals surface area (Å²) in [5.74, 6) is -8.07. The number of nitriles is 2. The Morgan fingerprint density at radius 3 is 1.23 bits per heavy atom. The predicted octanol–water partition coefficient (Wildman–Crippen LogP) is 9.63. The van der Waals surface area contributed by atoms with Gasteiger partial charge in [-0.3, -0.25) is 0 Å². The number of benzene rings is 6. The van der Waals surface area contributed by atoms with Crippen molar-refractivity contribution in [1.29, 1.82) is 10.5 Å². The molecule has 0 saturated heterocycles. The first-order chi connectivity index (χ1) is 25.4. The molecule has 0 radical (unpaired) electrons. The molecule has 0 heterocycles. The van der Waals surface area contributed by atoms with E-state index in [1.165, 1.54) is 60.7 Å². The Bertz CT molecular complexity index is 2370. The molecule has 0 fully saturated rings. The van der Waals surface area contributed by atoms with Crippen LogP contribution < -0.4 is 9.47 Å². The van der Waals surface area contributed by atoms with Gasteiger partial charge in [0.05, 0.1) is 22.3 Å². The fourth-order valence-electron chi connectivity index (χ4n) is 5.36. The molecule has 0 unspecified atom stereocenters. The number of carbonyl (C=O) groups is 2. The predicted molar refractivity (Wildman–Crippen MR) is 179 cm³/mol. The van der Waals surface area contributed by atoms with Crippen molar-refractivity contribution in [3.05, 3.63) is 177 Å². The van der Waals surface area contributed by atoms with Gasteiger partial charge in [-0.2, -0.15) is 10.5 Å². The van der Waals surface area contributed by atoms with E-state index in [2.05, 4.69) is 0 Å². The molecule has 0 aliphatic rings. The van der Waals surface area contributed by atoms with E-state index in [0.29, 0.717) is 11.1 Å². The second-order valence-corrected chi connectivity index (χ2v) is 11.5. The topological polar surface area (TPSA) is 100 Å². The molecular weight excluding hydrogens is 698 g/mol. The van der Waals surface area contributed by atoms with Crippen molar-refractivity contribution in [3.8, 4) is 45.9 Å². The zero-order valence-corrected chi connectivity index (χ0v) is 26.9. The molecule has 0 atom stereocenters. The highest BCUT2D eigenvalue weighted by molar-refractivity contribution is 5.92. The van der Waals surface area contributed by atoms with E-state index in [1.54, 1.807) is 12.1 Å². The molecule has 6 nitrogen and oxygen atoms in total. The highest BCUT2D eigenvalue weighted by Gasteiger charge is 2.19. The van der Waals surface area contributed by atoms with E-state index in [9.17, 15) is 27.2 Å². The lowest BCUT2D eigenvalue weighted by molar-refractivity contribution is 0.0719. The summed E-state index contributed by atoms with van der Waals surface area (Å²) in [6.07, 6.45) is -0.0102. The van der Waals surface area contributed by atoms with Gasteiger partial charge in [0, 0.05) is 23.3 Å². The largest absolute Gasteiger partial charge is 0.423 e. The summed E-state index contributed by atoms with van der Waals surface area (Å²) in [5, 5.41) is 17.8.